The zero-order valence-electron chi connectivity index (χ0n) is 15.9. The van der Waals surface area contributed by atoms with Crippen LogP contribution in [0.25, 0.3) is 0 Å². The van der Waals surface area contributed by atoms with Gasteiger partial charge < -0.3 is 19.9 Å². The fourth-order valence-corrected chi connectivity index (χ4v) is 3.21. The van der Waals surface area contributed by atoms with Crippen molar-refractivity contribution in [3.05, 3.63) is 81.9 Å². The number of ether oxygens (including phenoxy) is 3. The number of nitrogens with two attached hydrogens (primary N) is 1. The number of carbonyl (C=O) groups excluding carboxylic acids is 1. The first kappa shape index (κ1) is 20.3. The van der Waals surface area contributed by atoms with Crippen molar-refractivity contribution in [3.63, 3.8) is 0 Å². The molecule has 29 heavy (non-hydrogen) atoms. The predicted molar refractivity (Wildman–Crippen MR) is 108 cm³/mol. The Hall–Kier alpha value is -3.43. The van der Waals surface area contributed by atoms with E-state index in [4.69, 9.17) is 31.5 Å². The maximum Gasteiger partial charge on any atom is 0.338 e. The Kier molecular flexibility index (Phi) is 6.10. The summed E-state index contributed by atoms with van der Waals surface area (Å²) in [6, 6.07) is 16.1. The van der Waals surface area contributed by atoms with E-state index in [1.807, 2.05) is 0 Å². The van der Waals surface area contributed by atoms with Gasteiger partial charge in [-0.3, -0.25) is 0 Å². The van der Waals surface area contributed by atoms with Crippen LogP contribution < -0.4 is 10.5 Å². The highest BCUT2D eigenvalue weighted by atomic mass is 35.5. The van der Waals surface area contributed by atoms with Crippen molar-refractivity contribution in [2.24, 2.45) is 5.73 Å². The number of hydrogen-bond donors (Lipinski definition) is 1. The van der Waals surface area contributed by atoms with E-state index in [9.17, 15) is 10.1 Å². The lowest BCUT2D eigenvalue weighted by molar-refractivity contribution is -0.139. The Morgan fingerprint density at radius 3 is 2.62 bits per heavy atom. The van der Waals surface area contributed by atoms with Crippen molar-refractivity contribution in [1.29, 1.82) is 5.26 Å². The third kappa shape index (κ3) is 4.36. The molecular formula is C22H19ClN2O4. The van der Waals surface area contributed by atoms with E-state index >= 15 is 0 Å². The van der Waals surface area contributed by atoms with E-state index in [0.29, 0.717) is 27.8 Å². The standard InChI is InChI=1S/C22H19ClN2O4/c1-3-27-22(26)19-13(2)28-21(25)18(12-24)20(19)14-5-4-6-17(11-14)29-16-9-7-15(23)8-10-16/h4-11,20H,3,25H2,1-2H3/t20-/m0/s1. The summed E-state index contributed by atoms with van der Waals surface area (Å²) in [6.07, 6.45) is 0. The van der Waals surface area contributed by atoms with E-state index in [0.717, 1.165) is 0 Å². The summed E-state index contributed by atoms with van der Waals surface area (Å²) in [7, 11) is 0. The second-order valence-electron chi connectivity index (χ2n) is 6.24. The lowest BCUT2D eigenvalue weighted by Crippen LogP contribution is -2.25. The summed E-state index contributed by atoms with van der Waals surface area (Å²) in [5.41, 5.74) is 6.96. The summed E-state index contributed by atoms with van der Waals surface area (Å²) < 4.78 is 16.5. The molecule has 0 spiro atoms. The van der Waals surface area contributed by atoms with Crippen molar-refractivity contribution in [1.82, 2.24) is 0 Å². The van der Waals surface area contributed by atoms with Gasteiger partial charge in [-0.15, -0.1) is 0 Å². The predicted octanol–water partition coefficient (Wildman–Crippen LogP) is 4.78. The van der Waals surface area contributed by atoms with Crippen LogP contribution in [0.5, 0.6) is 11.5 Å². The number of benzene rings is 2. The van der Waals surface area contributed by atoms with Gasteiger partial charge in [0.25, 0.3) is 0 Å². The largest absolute Gasteiger partial charge is 0.463 e. The normalized spacial score (nSPS) is 16.1. The molecule has 0 saturated carbocycles. The molecule has 0 unspecified atom stereocenters. The van der Waals surface area contributed by atoms with Gasteiger partial charge >= 0.3 is 5.97 Å². The topological polar surface area (TPSA) is 94.6 Å². The molecule has 6 nitrogen and oxygen atoms in total. The Labute approximate surface area is 173 Å². The van der Waals surface area contributed by atoms with Gasteiger partial charge in [0, 0.05) is 5.02 Å². The van der Waals surface area contributed by atoms with Gasteiger partial charge in [0.1, 0.15) is 28.9 Å². The Morgan fingerprint density at radius 1 is 1.24 bits per heavy atom. The molecule has 7 heteroatoms. The fourth-order valence-electron chi connectivity index (χ4n) is 3.08. The zero-order valence-corrected chi connectivity index (χ0v) is 16.7. The van der Waals surface area contributed by atoms with Gasteiger partial charge in [0.05, 0.1) is 18.1 Å². The maximum atomic E-state index is 12.6. The van der Waals surface area contributed by atoms with Crippen LogP contribution in [0.3, 0.4) is 0 Å². The fraction of sp³-hybridized carbons (Fsp3) is 0.182. The van der Waals surface area contributed by atoms with Gasteiger partial charge in [-0.2, -0.15) is 5.26 Å². The molecule has 0 radical (unpaired) electrons. The van der Waals surface area contributed by atoms with Crippen LogP contribution >= 0.6 is 11.6 Å². The first-order chi connectivity index (χ1) is 13.9. The monoisotopic (exact) mass is 410 g/mol. The minimum Gasteiger partial charge on any atom is -0.463 e. The molecule has 0 amide bonds. The number of nitriles is 1. The van der Waals surface area contributed by atoms with Crippen LogP contribution in [0.4, 0.5) is 0 Å². The van der Waals surface area contributed by atoms with E-state index in [2.05, 4.69) is 6.07 Å². The zero-order chi connectivity index (χ0) is 21.0. The quantitative estimate of drug-likeness (QED) is 0.713. The first-order valence-corrected chi connectivity index (χ1v) is 9.31. The van der Waals surface area contributed by atoms with Crippen LogP contribution in [0.1, 0.15) is 25.3 Å². The van der Waals surface area contributed by atoms with Crippen LogP contribution in [-0.2, 0) is 14.3 Å². The minimum atomic E-state index is -0.721. The van der Waals surface area contributed by atoms with Crippen molar-refractivity contribution in [2.45, 2.75) is 19.8 Å². The molecule has 1 heterocycles. The smallest absolute Gasteiger partial charge is 0.338 e. The molecule has 148 valence electrons. The molecule has 1 aliphatic rings. The molecule has 2 aromatic rings. The summed E-state index contributed by atoms with van der Waals surface area (Å²) in [5.74, 6) is 0.126. The molecule has 0 bridgehead atoms. The SMILES string of the molecule is CCOC(=O)C1=C(C)OC(N)=C(C#N)[C@@H]1c1cccc(Oc2ccc(Cl)cc2)c1. The number of halogens is 1. The second-order valence-corrected chi connectivity index (χ2v) is 6.68. The number of esters is 1. The van der Waals surface area contributed by atoms with Gasteiger partial charge in [-0.25, -0.2) is 4.79 Å². The molecule has 0 aromatic heterocycles. The van der Waals surface area contributed by atoms with Crippen LogP contribution in [-0.4, -0.2) is 12.6 Å². The molecule has 1 atom stereocenters. The minimum absolute atomic E-state index is 0.0351. The van der Waals surface area contributed by atoms with Gasteiger partial charge in [-0.1, -0.05) is 23.7 Å². The second kappa shape index (κ2) is 8.72. The van der Waals surface area contributed by atoms with E-state index in [-0.39, 0.29) is 23.6 Å². The van der Waals surface area contributed by atoms with Crippen molar-refractivity contribution < 1.29 is 19.0 Å². The molecule has 2 N–H and O–H groups in total. The average Bonchev–Trinajstić information content (AvgIpc) is 2.69. The van der Waals surface area contributed by atoms with E-state index in [1.54, 1.807) is 62.4 Å². The molecule has 2 aromatic carbocycles. The number of nitrogens with zero attached hydrogens (tertiary/aromatic N) is 1. The number of hydrogen-bond acceptors (Lipinski definition) is 6. The molecule has 3 rings (SSSR count). The summed E-state index contributed by atoms with van der Waals surface area (Å²) >= 11 is 5.91. The lowest BCUT2D eigenvalue weighted by Gasteiger charge is -2.27. The summed E-state index contributed by atoms with van der Waals surface area (Å²) in [5, 5.41) is 10.3. The molecule has 1 aliphatic heterocycles. The van der Waals surface area contributed by atoms with Crippen LogP contribution in [0.2, 0.25) is 5.02 Å². The highest BCUT2D eigenvalue weighted by Crippen LogP contribution is 2.40. The highest BCUT2D eigenvalue weighted by molar-refractivity contribution is 6.30. The first-order valence-electron chi connectivity index (χ1n) is 8.93. The van der Waals surface area contributed by atoms with Crippen molar-refractivity contribution in [3.8, 4) is 17.6 Å². The molecule has 0 fully saturated rings. The third-order valence-electron chi connectivity index (χ3n) is 4.34. The highest BCUT2D eigenvalue weighted by Gasteiger charge is 2.36. The van der Waals surface area contributed by atoms with Gasteiger partial charge in [0.2, 0.25) is 5.88 Å². The van der Waals surface area contributed by atoms with Crippen molar-refractivity contribution >= 4 is 17.6 Å². The summed E-state index contributed by atoms with van der Waals surface area (Å²) in [4.78, 5) is 12.6. The molecule has 0 saturated heterocycles. The van der Waals surface area contributed by atoms with Crippen LogP contribution in [0.15, 0.2) is 71.3 Å². The maximum absolute atomic E-state index is 12.6. The van der Waals surface area contributed by atoms with E-state index in [1.165, 1.54) is 0 Å². The third-order valence-corrected chi connectivity index (χ3v) is 4.59. The Bertz CT molecular complexity index is 1040. The Balaban J connectivity index is 2.03. The summed E-state index contributed by atoms with van der Waals surface area (Å²) in [6.45, 7) is 3.53. The van der Waals surface area contributed by atoms with Gasteiger partial charge in [-0.05, 0) is 55.8 Å². The number of allylic oxidation sites excluding steroid dienone is 2. The Morgan fingerprint density at radius 2 is 1.97 bits per heavy atom. The van der Waals surface area contributed by atoms with E-state index < -0.39 is 11.9 Å². The van der Waals surface area contributed by atoms with Crippen molar-refractivity contribution in [2.75, 3.05) is 6.61 Å². The van der Waals surface area contributed by atoms with Gasteiger partial charge in [0.15, 0.2) is 0 Å². The van der Waals surface area contributed by atoms with Crippen LogP contribution in [0, 0.1) is 11.3 Å². The molecular weight excluding hydrogens is 392 g/mol. The number of rotatable bonds is 5. The molecule has 0 aliphatic carbocycles. The lowest BCUT2D eigenvalue weighted by atomic mass is 9.83. The number of carbonyl (C=O) groups is 1. The average molecular weight is 411 g/mol.